The molecule has 0 radical (unpaired) electrons. The van der Waals surface area contributed by atoms with E-state index in [9.17, 15) is 0 Å². The van der Waals surface area contributed by atoms with Crippen LogP contribution < -0.4 is 15.8 Å². The van der Waals surface area contributed by atoms with E-state index in [4.69, 9.17) is 10.5 Å². The maximum Gasteiger partial charge on any atom is 0.213 e. The molecular formula is C29H27N5O. The molecule has 2 heterocycles. The van der Waals surface area contributed by atoms with E-state index in [0.29, 0.717) is 24.7 Å². The van der Waals surface area contributed by atoms with E-state index in [0.717, 1.165) is 22.5 Å². The Morgan fingerprint density at radius 2 is 1.31 bits per heavy atom. The average Bonchev–Trinajstić information content (AvgIpc) is 3.36. The quantitative estimate of drug-likeness (QED) is 0.290. The van der Waals surface area contributed by atoms with Gasteiger partial charge in [0.25, 0.3) is 0 Å². The summed E-state index contributed by atoms with van der Waals surface area (Å²) in [6.45, 7) is 0.970. The molecule has 174 valence electrons. The van der Waals surface area contributed by atoms with Crippen LogP contribution in [0.25, 0.3) is 0 Å². The molecule has 0 aliphatic carbocycles. The minimum atomic E-state index is -0.624. The molecule has 0 saturated heterocycles. The number of rotatable bonds is 9. The standard InChI is InChI=1S/C29H27N5O/c30-26-16-17-28(31-22-26)35-21-20-34-27(18-19-32-34)33-29(23-10-4-1-5-11-23,24-12-6-2-7-13-24)25-14-8-3-9-15-25/h1-19,22,33H,20-21,30H2. The minimum Gasteiger partial charge on any atom is -0.476 e. The highest BCUT2D eigenvalue weighted by atomic mass is 16.5. The van der Waals surface area contributed by atoms with Crippen LogP contribution >= 0.6 is 0 Å². The molecule has 0 saturated carbocycles. The van der Waals surface area contributed by atoms with Crippen LogP contribution in [0.5, 0.6) is 5.88 Å². The van der Waals surface area contributed by atoms with E-state index in [1.54, 1.807) is 24.5 Å². The van der Waals surface area contributed by atoms with Crippen LogP contribution in [0.3, 0.4) is 0 Å². The Balaban J connectivity index is 1.51. The van der Waals surface area contributed by atoms with Crippen LogP contribution in [0.1, 0.15) is 16.7 Å². The molecule has 0 fully saturated rings. The lowest BCUT2D eigenvalue weighted by molar-refractivity contribution is 0.282. The lowest BCUT2D eigenvalue weighted by atomic mass is 9.77. The predicted molar refractivity (Wildman–Crippen MR) is 139 cm³/mol. The van der Waals surface area contributed by atoms with Crippen LogP contribution in [0.15, 0.2) is 122 Å². The first-order valence-electron chi connectivity index (χ1n) is 11.6. The third-order valence-corrected chi connectivity index (χ3v) is 5.96. The fourth-order valence-corrected chi connectivity index (χ4v) is 4.30. The summed E-state index contributed by atoms with van der Waals surface area (Å²) in [6.07, 6.45) is 3.39. The zero-order valence-electron chi connectivity index (χ0n) is 19.3. The van der Waals surface area contributed by atoms with Gasteiger partial charge in [0, 0.05) is 12.1 Å². The summed E-state index contributed by atoms with van der Waals surface area (Å²) < 4.78 is 7.74. The molecule has 0 amide bonds. The van der Waals surface area contributed by atoms with Gasteiger partial charge in [0.05, 0.1) is 24.6 Å². The first-order chi connectivity index (χ1) is 17.3. The number of aromatic nitrogens is 3. The Morgan fingerprint density at radius 1 is 0.743 bits per heavy atom. The molecule has 35 heavy (non-hydrogen) atoms. The minimum absolute atomic E-state index is 0.419. The zero-order chi connectivity index (χ0) is 23.9. The van der Waals surface area contributed by atoms with Crippen molar-refractivity contribution in [3.05, 3.63) is 138 Å². The summed E-state index contributed by atoms with van der Waals surface area (Å²) in [7, 11) is 0. The molecule has 5 rings (SSSR count). The molecule has 6 heteroatoms. The molecule has 3 N–H and O–H groups in total. The maximum absolute atomic E-state index is 5.82. The number of nitrogens with one attached hydrogen (secondary N) is 1. The molecule has 0 unspecified atom stereocenters. The van der Waals surface area contributed by atoms with Crippen molar-refractivity contribution in [2.75, 3.05) is 17.7 Å². The van der Waals surface area contributed by atoms with Crippen molar-refractivity contribution < 1.29 is 4.74 Å². The summed E-state index contributed by atoms with van der Waals surface area (Å²) in [6, 6.07) is 37.0. The molecule has 3 aromatic carbocycles. The van der Waals surface area contributed by atoms with Crippen molar-refractivity contribution in [3.8, 4) is 5.88 Å². The molecule has 5 aromatic rings. The maximum atomic E-state index is 5.82. The summed E-state index contributed by atoms with van der Waals surface area (Å²) in [5, 5.41) is 8.42. The smallest absolute Gasteiger partial charge is 0.213 e. The number of benzene rings is 3. The first-order valence-corrected chi connectivity index (χ1v) is 11.6. The molecule has 0 aliphatic heterocycles. The number of nitrogens with zero attached hydrogens (tertiary/aromatic N) is 3. The molecule has 6 nitrogen and oxygen atoms in total. The fourth-order valence-electron chi connectivity index (χ4n) is 4.30. The van der Waals surface area contributed by atoms with Crippen molar-refractivity contribution in [2.24, 2.45) is 0 Å². The lowest BCUT2D eigenvalue weighted by Crippen LogP contribution is -2.39. The van der Waals surface area contributed by atoms with Crippen molar-refractivity contribution in [1.82, 2.24) is 14.8 Å². The number of nitrogens with two attached hydrogens (primary N) is 1. The number of ether oxygens (including phenoxy) is 1. The summed E-state index contributed by atoms with van der Waals surface area (Å²) in [5.74, 6) is 1.42. The Kier molecular flexibility index (Phi) is 6.44. The van der Waals surface area contributed by atoms with Gasteiger partial charge in [-0.2, -0.15) is 5.10 Å². The second-order valence-electron chi connectivity index (χ2n) is 8.19. The van der Waals surface area contributed by atoms with Crippen LogP contribution in [-0.2, 0) is 12.1 Å². The highest BCUT2D eigenvalue weighted by molar-refractivity contribution is 5.58. The van der Waals surface area contributed by atoms with Gasteiger partial charge in [-0.3, -0.25) is 0 Å². The van der Waals surface area contributed by atoms with E-state index < -0.39 is 5.54 Å². The Labute approximate surface area is 205 Å². The average molecular weight is 462 g/mol. The van der Waals surface area contributed by atoms with E-state index >= 15 is 0 Å². The van der Waals surface area contributed by atoms with Gasteiger partial charge < -0.3 is 15.8 Å². The number of pyridine rings is 1. The van der Waals surface area contributed by atoms with E-state index in [1.807, 2.05) is 28.9 Å². The molecule has 0 atom stereocenters. The monoisotopic (exact) mass is 461 g/mol. The largest absolute Gasteiger partial charge is 0.476 e. The molecule has 2 aromatic heterocycles. The van der Waals surface area contributed by atoms with Gasteiger partial charge in [0.2, 0.25) is 5.88 Å². The van der Waals surface area contributed by atoms with Crippen molar-refractivity contribution in [2.45, 2.75) is 12.1 Å². The third-order valence-electron chi connectivity index (χ3n) is 5.96. The van der Waals surface area contributed by atoms with Gasteiger partial charge in [0.1, 0.15) is 18.0 Å². The SMILES string of the molecule is Nc1ccc(OCCn2nccc2NC(c2ccccc2)(c2ccccc2)c2ccccc2)nc1. The van der Waals surface area contributed by atoms with E-state index in [1.165, 1.54) is 0 Å². The van der Waals surface area contributed by atoms with Gasteiger partial charge in [-0.15, -0.1) is 0 Å². The second kappa shape index (κ2) is 10.1. The highest BCUT2D eigenvalue weighted by Crippen LogP contribution is 2.39. The Morgan fingerprint density at radius 3 is 1.83 bits per heavy atom. The molecular weight excluding hydrogens is 434 g/mol. The topological polar surface area (TPSA) is 78.0 Å². The fraction of sp³-hybridized carbons (Fsp3) is 0.103. The number of hydrogen-bond donors (Lipinski definition) is 2. The van der Waals surface area contributed by atoms with Gasteiger partial charge in [-0.1, -0.05) is 91.0 Å². The molecule has 0 spiro atoms. The number of hydrogen-bond acceptors (Lipinski definition) is 5. The summed E-state index contributed by atoms with van der Waals surface area (Å²) in [4.78, 5) is 4.21. The predicted octanol–water partition coefficient (Wildman–Crippen LogP) is 5.34. The van der Waals surface area contributed by atoms with Gasteiger partial charge in [0.15, 0.2) is 0 Å². The molecule has 0 aliphatic rings. The normalized spacial score (nSPS) is 11.2. The van der Waals surface area contributed by atoms with Gasteiger partial charge >= 0.3 is 0 Å². The summed E-state index contributed by atoms with van der Waals surface area (Å²) >= 11 is 0. The van der Waals surface area contributed by atoms with E-state index in [2.05, 4.69) is 88.2 Å². The third kappa shape index (κ3) is 4.73. The number of nitrogen functional groups attached to an aromatic ring is 1. The van der Waals surface area contributed by atoms with Crippen molar-refractivity contribution in [1.29, 1.82) is 0 Å². The summed E-state index contributed by atoms with van der Waals surface area (Å²) in [5.41, 5.74) is 9.09. The second-order valence-corrected chi connectivity index (χ2v) is 8.19. The van der Waals surface area contributed by atoms with Crippen molar-refractivity contribution >= 4 is 11.5 Å². The van der Waals surface area contributed by atoms with Crippen LogP contribution in [-0.4, -0.2) is 21.4 Å². The first kappa shape index (κ1) is 22.2. The van der Waals surface area contributed by atoms with Gasteiger partial charge in [-0.05, 0) is 22.8 Å². The lowest BCUT2D eigenvalue weighted by Gasteiger charge is -2.37. The highest BCUT2D eigenvalue weighted by Gasteiger charge is 2.37. The van der Waals surface area contributed by atoms with E-state index in [-0.39, 0.29) is 0 Å². The molecule has 0 bridgehead atoms. The van der Waals surface area contributed by atoms with Crippen LogP contribution in [0, 0.1) is 0 Å². The Hall–Kier alpha value is -4.58. The van der Waals surface area contributed by atoms with Crippen molar-refractivity contribution in [3.63, 3.8) is 0 Å². The van der Waals surface area contributed by atoms with Crippen LogP contribution in [0.2, 0.25) is 0 Å². The van der Waals surface area contributed by atoms with Crippen LogP contribution in [0.4, 0.5) is 11.5 Å². The number of anilines is 2. The van der Waals surface area contributed by atoms with Gasteiger partial charge in [-0.25, -0.2) is 9.67 Å². The Bertz CT molecular complexity index is 1240. The zero-order valence-corrected chi connectivity index (χ0v) is 19.3.